The van der Waals surface area contributed by atoms with E-state index in [1.165, 1.54) is 12.1 Å². The Kier molecular flexibility index (Phi) is 4.70. The molecule has 0 atom stereocenters. The molecule has 0 spiro atoms. The zero-order chi connectivity index (χ0) is 24.1. The van der Waals surface area contributed by atoms with Crippen molar-refractivity contribution in [3.8, 4) is 39.7 Å². The second kappa shape index (κ2) is 7.91. The zero-order valence-electron chi connectivity index (χ0n) is 18.9. The summed E-state index contributed by atoms with van der Waals surface area (Å²) in [6.07, 6.45) is 7.00. The number of hydrogen-bond donors (Lipinski definition) is 3. The Labute approximate surface area is 199 Å². The maximum absolute atomic E-state index is 13.9. The molecule has 1 aromatic carbocycles. The molecule has 0 aliphatic carbocycles. The number of phenols is 1. The van der Waals surface area contributed by atoms with Gasteiger partial charge in [0.2, 0.25) is 0 Å². The third-order valence-electron chi connectivity index (χ3n) is 5.94. The first-order valence-electron chi connectivity index (χ1n) is 10.9. The molecule has 0 fully saturated rings. The molecular formula is C26H20FN7O. The van der Waals surface area contributed by atoms with E-state index in [1.54, 1.807) is 24.8 Å². The molecular weight excluding hydrogens is 445 g/mol. The molecule has 0 saturated carbocycles. The number of halogens is 1. The first-order valence-corrected chi connectivity index (χ1v) is 10.9. The summed E-state index contributed by atoms with van der Waals surface area (Å²) in [4.78, 5) is 18.8. The highest BCUT2D eigenvalue weighted by Gasteiger charge is 2.16. The zero-order valence-corrected chi connectivity index (χ0v) is 18.9. The number of benzene rings is 1. The molecule has 8 nitrogen and oxygen atoms in total. The van der Waals surface area contributed by atoms with Crippen molar-refractivity contribution in [2.75, 3.05) is 19.0 Å². The normalized spacial score (nSPS) is 11.4. The number of fused-ring (bicyclic) bond motifs is 2. The van der Waals surface area contributed by atoms with Crippen molar-refractivity contribution in [3.05, 3.63) is 73.1 Å². The number of aromatic nitrogens is 6. The van der Waals surface area contributed by atoms with Crippen molar-refractivity contribution < 1.29 is 9.50 Å². The number of rotatable bonds is 4. The molecule has 3 N–H and O–H groups in total. The Balaban J connectivity index is 1.48. The summed E-state index contributed by atoms with van der Waals surface area (Å²) in [6.45, 7) is 0. The van der Waals surface area contributed by atoms with Crippen LogP contribution in [0, 0.1) is 5.82 Å². The number of phenolic OH excluding ortho intramolecular Hbond substituents is 1. The van der Waals surface area contributed by atoms with E-state index in [2.05, 4.69) is 30.1 Å². The minimum atomic E-state index is -0.527. The first kappa shape index (κ1) is 20.8. The van der Waals surface area contributed by atoms with Crippen molar-refractivity contribution in [1.29, 1.82) is 0 Å². The van der Waals surface area contributed by atoms with Crippen LogP contribution in [0.25, 0.3) is 55.7 Å². The highest BCUT2D eigenvalue weighted by molar-refractivity contribution is 6.00. The monoisotopic (exact) mass is 465 g/mol. The van der Waals surface area contributed by atoms with Crippen LogP contribution in [-0.4, -0.2) is 49.3 Å². The molecule has 5 heterocycles. The van der Waals surface area contributed by atoms with Gasteiger partial charge in [-0.3, -0.25) is 20.1 Å². The molecule has 0 aliphatic heterocycles. The van der Waals surface area contributed by atoms with Crippen LogP contribution >= 0.6 is 0 Å². The molecule has 0 radical (unpaired) electrons. The van der Waals surface area contributed by atoms with Gasteiger partial charge in [0.25, 0.3) is 0 Å². The lowest BCUT2D eigenvalue weighted by Gasteiger charge is -2.12. The fourth-order valence-corrected chi connectivity index (χ4v) is 4.21. The van der Waals surface area contributed by atoms with Gasteiger partial charge in [0.1, 0.15) is 17.3 Å². The highest BCUT2D eigenvalue weighted by atomic mass is 19.1. The minimum Gasteiger partial charge on any atom is -0.508 e. The van der Waals surface area contributed by atoms with Crippen LogP contribution in [-0.2, 0) is 0 Å². The third-order valence-corrected chi connectivity index (χ3v) is 5.94. The molecule has 5 aromatic heterocycles. The number of H-pyrrole nitrogens is 2. The van der Waals surface area contributed by atoms with Gasteiger partial charge in [0.05, 0.1) is 40.7 Å². The lowest BCUT2D eigenvalue weighted by Crippen LogP contribution is -2.08. The van der Waals surface area contributed by atoms with Crippen molar-refractivity contribution in [3.63, 3.8) is 0 Å². The molecule has 6 rings (SSSR count). The number of aromatic amines is 2. The highest BCUT2D eigenvalue weighted by Crippen LogP contribution is 2.35. The van der Waals surface area contributed by atoms with E-state index < -0.39 is 5.82 Å². The van der Waals surface area contributed by atoms with Crippen LogP contribution in [0.3, 0.4) is 0 Å². The van der Waals surface area contributed by atoms with Gasteiger partial charge in [-0.2, -0.15) is 5.10 Å². The molecule has 9 heteroatoms. The Morgan fingerprint density at radius 3 is 2.54 bits per heavy atom. The lowest BCUT2D eigenvalue weighted by atomic mass is 10.1. The molecule has 0 unspecified atom stereocenters. The van der Waals surface area contributed by atoms with Crippen LogP contribution < -0.4 is 4.90 Å². The average Bonchev–Trinajstić information content (AvgIpc) is 3.47. The SMILES string of the molecule is CN(C)c1cncc(-c2cc3c(-c4cc5c(-c6cc(O)cc(F)c6)nccc5[nH]4)n[nH]c3cn2)c1. The van der Waals surface area contributed by atoms with Gasteiger partial charge in [0, 0.05) is 60.0 Å². The molecule has 0 saturated heterocycles. The number of hydrogen-bond acceptors (Lipinski definition) is 6. The second-order valence-electron chi connectivity index (χ2n) is 8.52. The number of nitrogens with zero attached hydrogens (tertiary/aromatic N) is 5. The van der Waals surface area contributed by atoms with E-state index in [9.17, 15) is 9.50 Å². The van der Waals surface area contributed by atoms with Crippen molar-refractivity contribution in [2.45, 2.75) is 0 Å². The number of nitrogens with one attached hydrogen (secondary N) is 2. The molecule has 35 heavy (non-hydrogen) atoms. The van der Waals surface area contributed by atoms with Gasteiger partial charge in [-0.05, 0) is 36.4 Å². The maximum atomic E-state index is 13.9. The third kappa shape index (κ3) is 3.63. The second-order valence-corrected chi connectivity index (χ2v) is 8.52. The number of pyridine rings is 3. The van der Waals surface area contributed by atoms with Gasteiger partial charge in [-0.25, -0.2) is 4.39 Å². The molecule has 172 valence electrons. The molecule has 0 amide bonds. The molecule has 0 aliphatic rings. The van der Waals surface area contributed by atoms with Crippen molar-refractivity contribution >= 4 is 27.5 Å². The summed E-state index contributed by atoms with van der Waals surface area (Å²) >= 11 is 0. The topological polar surface area (TPSA) is 107 Å². The van der Waals surface area contributed by atoms with Crippen LogP contribution in [0.4, 0.5) is 10.1 Å². The van der Waals surface area contributed by atoms with Crippen molar-refractivity contribution in [1.82, 2.24) is 30.1 Å². The van der Waals surface area contributed by atoms with Crippen LogP contribution in [0.5, 0.6) is 5.75 Å². The smallest absolute Gasteiger partial charge is 0.127 e. The Bertz CT molecular complexity index is 1700. The lowest BCUT2D eigenvalue weighted by molar-refractivity contribution is 0.469. The summed E-state index contributed by atoms with van der Waals surface area (Å²) < 4.78 is 13.9. The van der Waals surface area contributed by atoms with E-state index >= 15 is 0 Å². The number of anilines is 1. The van der Waals surface area contributed by atoms with Gasteiger partial charge in [-0.15, -0.1) is 0 Å². The van der Waals surface area contributed by atoms with E-state index in [-0.39, 0.29) is 5.75 Å². The molecule has 0 bridgehead atoms. The van der Waals surface area contributed by atoms with E-state index in [1.807, 2.05) is 43.3 Å². The van der Waals surface area contributed by atoms with Gasteiger partial charge in [-0.1, -0.05) is 0 Å². The average molecular weight is 465 g/mol. The number of aromatic hydroxyl groups is 1. The van der Waals surface area contributed by atoms with Crippen LogP contribution in [0.15, 0.2) is 67.3 Å². The van der Waals surface area contributed by atoms with Gasteiger partial charge >= 0.3 is 0 Å². The standard InChI is InChI=1S/C26H20FN7O/c1-34(2)17-6-15(11-28-12-17)22-9-20-24(13-30-22)32-33-26(20)23-10-19-21(31-23)3-4-29-25(19)14-5-16(27)8-18(35)7-14/h3-13,31,35H,1-2H3,(H,32,33). The largest absolute Gasteiger partial charge is 0.508 e. The predicted molar refractivity (Wildman–Crippen MR) is 134 cm³/mol. The Morgan fingerprint density at radius 1 is 0.857 bits per heavy atom. The van der Waals surface area contributed by atoms with E-state index in [4.69, 9.17) is 0 Å². The molecule has 6 aromatic rings. The van der Waals surface area contributed by atoms with E-state index in [0.29, 0.717) is 11.3 Å². The summed E-state index contributed by atoms with van der Waals surface area (Å²) in [5, 5.41) is 19.1. The fraction of sp³-hybridized carbons (Fsp3) is 0.0769. The minimum absolute atomic E-state index is 0.152. The Hall–Kier alpha value is -4.79. The van der Waals surface area contributed by atoms with E-state index in [0.717, 1.165) is 56.2 Å². The quantitative estimate of drug-likeness (QED) is 0.333. The summed E-state index contributed by atoms with van der Waals surface area (Å²) in [5.74, 6) is -0.679. The van der Waals surface area contributed by atoms with Crippen LogP contribution in [0.1, 0.15) is 0 Å². The predicted octanol–water partition coefficient (Wildman–Crippen LogP) is 5.14. The first-order chi connectivity index (χ1) is 17.0. The maximum Gasteiger partial charge on any atom is 0.127 e. The van der Waals surface area contributed by atoms with Crippen LogP contribution in [0.2, 0.25) is 0 Å². The Morgan fingerprint density at radius 2 is 1.71 bits per heavy atom. The summed E-state index contributed by atoms with van der Waals surface area (Å²) in [7, 11) is 3.94. The van der Waals surface area contributed by atoms with Gasteiger partial charge in [0.15, 0.2) is 0 Å². The summed E-state index contributed by atoms with van der Waals surface area (Å²) in [5.41, 5.74) is 6.84. The summed E-state index contributed by atoms with van der Waals surface area (Å²) in [6, 6.07) is 11.7. The fourth-order valence-electron chi connectivity index (χ4n) is 4.21. The van der Waals surface area contributed by atoms with Gasteiger partial charge < -0.3 is 15.0 Å². The van der Waals surface area contributed by atoms with Crippen molar-refractivity contribution in [2.24, 2.45) is 0 Å².